The third-order valence-electron chi connectivity index (χ3n) is 4.15. The molecule has 0 fully saturated rings. The second-order valence-electron chi connectivity index (χ2n) is 6.25. The van der Waals surface area contributed by atoms with Crippen LogP contribution < -0.4 is 9.47 Å². The van der Waals surface area contributed by atoms with E-state index in [1.54, 1.807) is 43.5 Å². The molecular formula is C21H20F3N3O2S. The fourth-order valence-electron chi connectivity index (χ4n) is 2.65. The lowest BCUT2D eigenvalue weighted by atomic mass is 10.1. The Hall–Kier alpha value is -2.94. The van der Waals surface area contributed by atoms with E-state index in [-0.39, 0.29) is 6.61 Å². The van der Waals surface area contributed by atoms with Crippen molar-refractivity contribution in [2.24, 2.45) is 0 Å². The van der Waals surface area contributed by atoms with Crippen molar-refractivity contribution in [3.05, 3.63) is 78.1 Å². The average molecular weight is 435 g/mol. The molecule has 5 nitrogen and oxygen atoms in total. The van der Waals surface area contributed by atoms with Gasteiger partial charge in [-0.2, -0.15) is 13.2 Å². The normalized spacial score (nSPS) is 11.3. The highest BCUT2D eigenvalue weighted by Gasteiger charge is 2.30. The zero-order valence-corrected chi connectivity index (χ0v) is 17.0. The second kappa shape index (κ2) is 9.71. The van der Waals surface area contributed by atoms with Crippen LogP contribution in [0.2, 0.25) is 0 Å². The van der Waals surface area contributed by atoms with Gasteiger partial charge in [0.05, 0.1) is 12.7 Å². The van der Waals surface area contributed by atoms with E-state index < -0.39 is 11.7 Å². The minimum absolute atomic E-state index is 0.192. The van der Waals surface area contributed by atoms with Crippen molar-refractivity contribution in [2.75, 3.05) is 7.11 Å². The first-order chi connectivity index (χ1) is 14.4. The van der Waals surface area contributed by atoms with Crippen LogP contribution in [0.5, 0.6) is 11.5 Å². The number of halogens is 3. The van der Waals surface area contributed by atoms with Crippen LogP contribution >= 0.6 is 11.8 Å². The molecule has 3 aromatic rings. The van der Waals surface area contributed by atoms with Gasteiger partial charge in [-0.15, -0.1) is 16.8 Å². The van der Waals surface area contributed by atoms with Crippen molar-refractivity contribution in [3.63, 3.8) is 0 Å². The molecule has 0 aliphatic heterocycles. The number of hydrogen-bond donors (Lipinski definition) is 0. The fourth-order valence-corrected chi connectivity index (χ4v) is 3.56. The van der Waals surface area contributed by atoms with Crippen LogP contribution in [-0.2, 0) is 25.1 Å². The molecule has 0 radical (unpaired) electrons. The van der Waals surface area contributed by atoms with Crippen LogP contribution in [0.15, 0.2) is 66.3 Å². The Balaban J connectivity index is 1.68. The minimum Gasteiger partial charge on any atom is -0.497 e. The maximum Gasteiger partial charge on any atom is 0.416 e. The zero-order valence-electron chi connectivity index (χ0n) is 16.2. The van der Waals surface area contributed by atoms with Crippen molar-refractivity contribution >= 4 is 11.8 Å². The maximum absolute atomic E-state index is 12.9. The molecule has 2 aromatic carbocycles. The molecule has 0 saturated heterocycles. The number of thioether (sulfide) groups is 1. The van der Waals surface area contributed by atoms with Gasteiger partial charge in [-0.1, -0.05) is 36.0 Å². The number of ether oxygens (including phenoxy) is 2. The molecule has 0 aliphatic rings. The van der Waals surface area contributed by atoms with E-state index in [4.69, 9.17) is 9.47 Å². The SMILES string of the molecule is C=CCn1c(COc2ccc(OC)cc2)nnc1SCc1cccc(C(F)(F)F)c1. The summed E-state index contributed by atoms with van der Waals surface area (Å²) in [5, 5.41) is 8.92. The Morgan fingerprint density at radius 2 is 1.83 bits per heavy atom. The third kappa shape index (κ3) is 5.56. The van der Waals surface area contributed by atoms with E-state index in [2.05, 4.69) is 16.8 Å². The Labute approximate surface area is 176 Å². The molecule has 9 heteroatoms. The fraction of sp³-hybridized carbons (Fsp3) is 0.238. The topological polar surface area (TPSA) is 49.2 Å². The Morgan fingerprint density at radius 3 is 2.50 bits per heavy atom. The predicted octanol–water partition coefficient (Wildman–Crippen LogP) is 5.36. The van der Waals surface area contributed by atoms with E-state index in [1.165, 1.54) is 17.8 Å². The number of alkyl halides is 3. The number of hydrogen-bond acceptors (Lipinski definition) is 5. The number of aromatic nitrogens is 3. The quantitative estimate of drug-likeness (QED) is 0.334. The Bertz CT molecular complexity index is 988. The van der Waals surface area contributed by atoms with Gasteiger partial charge in [-0.3, -0.25) is 4.57 Å². The van der Waals surface area contributed by atoms with Gasteiger partial charge in [0.1, 0.15) is 18.1 Å². The lowest BCUT2D eigenvalue weighted by molar-refractivity contribution is -0.137. The molecule has 158 valence electrons. The highest BCUT2D eigenvalue weighted by Crippen LogP contribution is 2.31. The van der Waals surface area contributed by atoms with E-state index in [1.807, 2.05) is 4.57 Å². The molecule has 0 amide bonds. The molecular weight excluding hydrogens is 415 g/mol. The van der Waals surface area contributed by atoms with Crippen molar-refractivity contribution in [2.45, 2.75) is 30.2 Å². The average Bonchev–Trinajstić information content (AvgIpc) is 3.12. The molecule has 0 saturated carbocycles. The summed E-state index contributed by atoms with van der Waals surface area (Å²) >= 11 is 1.31. The van der Waals surface area contributed by atoms with Gasteiger partial charge >= 0.3 is 6.18 Å². The van der Waals surface area contributed by atoms with E-state index in [0.29, 0.717) is 34.6 Å². The molecule has 1 heterocycles. The largest absolute Gasteiger partial charge is 0.497 e. The molecule has 1 aromatic heterocycles. The van der Waals surface area contributed by atoms with Gasteiger partial charge in [0.25, 0.3) is 0 Å². The van der Waals surface area contributed by atoms with Crippen LogP contribution in [0.4, 0.5) is 13.2 Å². The van der Waals surface area contributed by atoms with Gasteiger partial charge in [-0.05, 0) is 35.9 Å². The number of benzene rings is 2. The number of methoxy groups -OCH3 is 1. The molecule has 0 bridgehead atoms. The number of rotatable bonds is 9. The minimum atomic E-state index is -4.37. The zero-order chi connectivity index (χ0) is 21.6. The third-order valence-corrected chi connectivity index (χ3v) is 5.19. The smallest absolute Gasteiger partial charge is 0.416 e. The van der Waals surface area contributed by atoms with Crippen LogP contribution in [0.3, 0.4) is 0 Å². The summed E-state index contributed by atoms with van der Waals surface area (Å²) in [7, 11) is 1.59. The van der Waals surface area contributed by atoms with Crippen LogP contribution in [0, 0.1) is 0 Å². The molecule has 0 unspecified atom stereocenters. The Morgan fingerprint density at radius 1 is 1.10 bits per heavy atom. The summed E-state index contributed by atoms with van der Waals surface area (Å²) in [6, 6.07) is 12.4. The van der Waals surface area contributed by atoms with Gasteiger partial charge in [0.2, 0.25) is 0 Å². The van der Waals surface area contributed by atoms with Crippen LogP contribution in [0.25, 0.3) is 0 Å². The van der Waals surface area contributed by atoms with Crippen LogP contribution in [0.1, 0.15) is 17.0 Å². The highest BCUT2D eigenvalue weighted by atomic mass is 32.2. The van der Waals surface area contributed by atoms with E-state index in [0.717, 1.165) is 17.9 Å². The summed E-state index contributed by atoms with van der Waals surface area (Å²) in [5.74, 6) is 2.31. The van der Waals surface area contributed by atoms with Crippen LogP contribution in [-0.4, -0.2) is 21.9 Å². The molecule has 30 heavy (non-hydrogen) atoms. The second-order valence-corrected chi connectivity index (χ2v) is 7.19. The molecule has 0 atom stereocenters. The monoisotopic (exact) mass is 435 g/mol. The lowest BCUT2D eigenvalue weighted by Gasteiger charge is -2.10. The molecule has 0 N–H and O–H groups in total. The summed E-state index contributed by atoms with van der Waals surface area (Å²) in [6.45, 7) is 4.40. The first kappa shape index (κ1) is 21.8. The van der Waals surface area contributed by atoms with Gasteiger partial charge in [0.15, 0.2) is 11.0 Å². The summed E-state index contributed by atoms with van der Waals surface area (Å²) in [4.78, 5) is 0. The van der Waals surface area contributed by atoms with Gasteiger partial charge in [-0.25, -0.2) is 0 Å². The van der Waals surface area contributed by atoms with Crippen molar-refractivity contribution in [3.8, 4) is 11.5 Å². The number of allylic oxidation sites excluding steroid dienone is 1. The molecule has 0 aliphatic carbocycles. The van der Waals surface area contributed by atoms with E-state index in [9.17, 15) is 13.2 Å². The first-order valence-corrected chi connectivity index (χ1v) is 9.98. The van der Waals surface area contributed by atoms with Gasteiger partial charge < -0.3 is 9.47 Å². The predicted molar refractivity (Wildman–Crippen MR) is 109 cm³/mol. The summed E-state index contributed by atoms with van der Waals surface area (Å²) in [6.07, 6.45) is -2.66. The van der Waals surface area contributed by atoms with Gasteiger partial charge in [0, 0.05) is 12.3 Å². The standard InChI is InChI=1S/C21H20F3N3O2S/c1-3-11-27-19(13-29-18-9-7-17(28-2)8-10-18)25-26-20(27)30-14-15-5-4-6-16(12-15)21(22,23)24/h3-10,12H,1,11,13-14H2,2H3. The van der Waals surface area contributed by atoms with Crippen molar-refractivity contribution in [1.29, 1.82) is 0 Å². The van der Waals surface area contributed by atoms with Crippen molar-refractivity contribution < 1.29 is 22.6 Å². The molecule has 0 spiro atoms. The highest BCUT2D eigenvalue weighted by molar-refractivity contribution is 7.98. The lowest BCUT2D eigenvalue weighted by Crippen LogP contribution is -2.07. The Kier molecular flexibility index (Phi) is 7.04. The maximum atomic E-state index is 12.9. The first-order valence-electron chi connectivity index (χ1n) is 8.99. The summed E-state index contributed by atoms with van der Waals surface area (Å²) < 4.78 is 51.4. The van der Waals surface area contributed by atoms with E-state index >= 15 is 0 Å². The summed E-state index contributed by atoms with van der Waals surface area (Å²) in [5.41, 5.74) is -0.110. The molecule has 3 rings (SSSR count). The van der Waals surface area contributed by atoms with Crippen molar-refractivity contribution in [1.82, 2.24) is 14.8 Å². The number of nitrogens with zero attached hydrogens (tertiary/aromatic N) is 3.